The molecule has 1 aromatic rings. The van der Waals surface area contributed by atoms with Crippen LogP contribution in [0.5, 0.6) is 0 Å². The summed E-state index contributed by atoms with van der Waals surface area (Å²) >= 11 is 0. The van der Waals surface area contributed by atoms with Crippen molar-refractivity contribution in [3.05, 3.63) is 30.1 Å². The van der Waals surface area contributed by atoms with Crippen LogP contribution in [0, 0.1) is 5.82 Å². The zero-order valence-corrected chi connectivity index (χ0v) is 18.2. The highest BCUT2D eigenvalue weighted by Gasteiger charge is 2.22. The van der Waals surface area contributed by atoms with E-state index in [9.17, 15) is 9.18 Å². The first-order valence-electron chi connectivity index (χ1n) is 9.49. The molecule has 0 unspecified atom stereocenters. The number of para-hydroxylation sites is 1. The van der Waals surface area contributed by atoms with Crippen molar-refractivity contribution in [2.75, 3.05) is 57.3 Å². The zero-order valence-electron chi connectivity index (χ0n) is 15.9. The number of carbonyl (C=O) groups is 1. The summed E-state index contributed by atoms with van der Waals surface area (Å²) < 4.78 is 14.0. The predicted molar refractivity (Wildman–Crippen MR) is 117 cm³/mol. The van der Waals surface area contributed by atoms with E-state index in [2.05, 4.69) is 20.1 Å². The number of nitrogens with zero attached hydrogens (tertiary/aromatic N) is 4. The molecule has 0 atom stereocenters. The summed E-state index contributed by atoms with van der Waals surface area (Å²) in [6.45, 7) is 7.62. The SMILES string of the molecule is CCNC(=NCC(=O)N1CCCC1)N1CCN(c2ccccc2F)CC1.I. The molecule has 0 aliphatic carbocycles. The molecule has 2 fully saturated rings. The van der Waals surface area contributed by atoms with Gasteiger partial charge in [0.2, 0.25) is 5.91 Å². The molecule has 0 radical (unpaired) electrons. The van der Waals surface area contributed by atoms with Crippen molar-refractivity contribution in [1.29, 1.82) is 0 Å². The molecule has 1 N–H and O–H groups in total. The largest absolute Gasteiger partial charge is 0.366 e. The molecule has 0 spiro atoms. The molecule has 27 heavy (non-hydrogen) atoms. The first-order chi connectivity index (χ1) is 12.7. The van der Waals surface area contributed by atoms with Gasteiger partial charge in [-0.1, -0.05) is 12.1 Å². The average molecular weight is 489 g/mol. The normalized spacial score (nSPS) is 17.7. The molecule has 0 bridgehead atoms. The quantitative estimate of drug-likeness (QED) is 0.400. The fraction of sp³-hybridized carbons (Fsp3) is 0.579. The Labute approximate surface area is 177 Å². The van der Waals surface area contributed by atoms with Gasteiger partial charge in [-0.2, -0.15) is 0 Å². The van der Waals surface area contributed by atoms with Crippen LogP contribution < -0.4 is 10.2 Å². The Kier molecular flexibility index (Phi) is 8.59. The van der Waals surface area contributed by atoms with Crippen LogP contribution in [0.4, 0.5) is 10.1 Å². The minimum atomic E-state index is -0.183. The summed E-state index contributed by atoms with van der Waals surface area (Å²) in [6, 6.07) is 6.89. The number of amides is 1. The van der Waals surface area contributed by atoms with Crippen molar-refractivity contribution in [3.63, 3.8) is 0 Å². The molecule has 6 nitrogen and oxygen atoms in total. The van der Waals surface area contributed by atoms with Gasteiger partial charge in [0.25, 0.3) is 0 Å². The van der Waals surface area contributed by atoms with E-state index >= 15 is 0 Å². The van der Waals surface area contributed by atoms with Crippen molar-refractivity contribution < 1.29 is 9.18 Å². The number of carbonyl (C=O) groups excluding carboxylic acids is 1. The minimum absolute atomic E-state index is 0. The van der Waals surface area contributed by atoms with Crippen molar-refractivity contribution >= 4 is 41.5 Å². The number of rotatable bonds is 4. The number of hydrogen-bond acceptors (Lipinski definition) is 3. The van der Waals surface area contributed by atoms with Crippen LogP contribution in [-0.4, -0.2) is 74.0 Å². The Morgan fingerprint density at radius 2 is 1.74 bits per heavy atom. The highest BCUT2D eigenvalue weighted by atomic mass is 127. The van der Waals surface area contributed by atoms with Crippen LogP contribution in [0.1, 0.15) is 19.8 Å². The Bertz CT molecular complexity index is 643. The number of nitrogens with one attached hydrogen (secondary N) is 1. The van der Waals surface area contributed by atoms with Crippen molar-refractivity contribution in [3.8, 4) is 0 Å². The van der Waals surface area contributed by atoms with E-state index in [4.69, 9.17) is 0 Å². The van der Waals surface area contributed by atoms with Crippen molar-refractivity contribution in [2.45, 2.75) is 19.8 Å². The lowest BCUT2D eigenvalue weighted by Crippen LogP contribution is -2.53. The Balaban J connectivity index is 0.00000261. The fourth-order valence-electron chi connectivity index (χ4n) is 3.50. The Hall–Kier alpha value is -1.58. The summed E-state index contributed by atoms with van der Waals surface area (Å²) in [7, 11) is 0. The van der Waals surface area contributed by atoms with Crippen molar-refractivity contribution in [2.24, 2.45) is 4.99 Å². The maximum atomic E-state index is 14.0. The number of anilines is 1. The van der Waals surface area contributed by atoms with E-state index in [0.717, 1.165) is 64.6 Å². The van der Waals surface area contributed by atoms with Crippen LogP contribution in [-0.2, 0) is 4.79 Å². The summed E-state index contributed by atoms with van der Waals surface area (Å²) in [4.78, 5) is 22.9. The van der Waals surface area contributed by atoms with Gasteiger partial charge < -0.3 is 20.0 Å². The lowest BCUT2D eigenvalue weighted by atomic mass is 10.2. The summed E-state index contributed by atoms with van der Waals surface area (Å²) in [5, 5.41) is 3.28. The van der Waals surface area contributed by atoms with Gasteiger partial charge in [0, 0.05) is 45.8 Å². The van der Waals surface area contributed by atoms with Gasteiger partial charge in [0.15, 0.2) is 5.96 Å². The number of likely N-dealkylation sites (tertiary alicyclic amines) is 1. The van der Waals surface area contributed by atoms with Gasteiger partial charge >= 0.3 is 0 Å². The molecular formula is C19H29FIN5O. The summed E-state index contributed by atoms with van der Waals surface area (Å²) in [5.41, 5.74) is 0.651. The fourth-order valence-corrected chi connectivity index (χ4v) is 3.50. The molecule has 3 rings (SSSR count). The highest BCUT2D eigenvalue weighted by molar-refractivity contribution is 14.0. The molecule has 0 aromatic heterocycles. The van der Waals surface area contributed by atoms with E-state index in [1.165, 1.54) is 6.07 Å². The third-order valence-electron chi connectivity index (χ3n) is 4.93. The number of benzene rings is 1. The standard InChI is InChI=1S/C19H28FN5O.HI/c1-2-21-19(22-15-18(26)24-9-5-6-10-24)25-13-11-23(12-14-25)17-8-4-3-7-16(17)20;/h3-4,7-8H,2,5-6,9-15H2,1H3,(H,21,22);1H. The number of piperazine rings is 1. The lowest BCUT2D eigenvalue weighted by molar-refractivity contribution is -0.128. The Morgan fingerprint density at radius 3 is 2.37 bits per heavy atom. The molecular weight excluding hydrogens is 460 g/mol. The lowest BCUT2D eigenvalue weighted by Gasteiger charge is -2.37. The molecule has 1 aromatic carbocycles. The van der Waals surface area contributed by atoms with Gasteiger partial charge in [-0.15, -0.1) is 24.0 Å². The van der Waals surface area contributed by atoms with Gasteiger partial charge in [-0.05, 0) is 31.9 Å². The molecule has 150 valence electrons. The smallest absolute Gasteiger partial charge is 0.244 e. The average Bonchev–Trinajstić information content (AvgIpc) is 3.20. The van der Waals surface area contributed by atoms with Crippen LogP contribution in [0.3, 0.4) is 0 Å². The van der Waals surface area contributed by atoms with E-state index < -0.39 is 0 Å². The summed E-state index contributed by atoms with van der Waals surface area (Å²) in [6.07, 6.45) is 2.18. The molecule has 8 heteroatoms. The second-order valence-corrected chi connectivity index (χ2v) is 6.68. The molecule has 2 aliphatic rings. The topological polar surface area (TPSA) is 51.2 Å². The molecule has 1 amide bonds. The highest BCUT2D eigenvalue weighted by Crippen LogP contribution is 2.20. The van der Waals surface area contributed by atoms with Gasteiger partial charge in [0.1, 0.15) is 12.4 Å². The number of hydrogen-bond donors (Lipinski definition) is 1. The van der Waals surface area contributed by atoms with E-state index in [0.29, 0.717) is 5.69 Å². The maximum Gasteiger partial charge on any atom is 0.244 e. The van der Waals surface area contributed by atoms with Gasteiger partial charge in [-0.3, -0.25) is 4.79 Å². The second kappa shape index (κ2) is 10.7. The molecule has 0 saturated carbocycles. The molecule has 2 aliphatic heterocycles. The van der Waals surface area contributed by atoms with Crippen LogP contribution in [0.25, 0.3) is 0 Å². The zero-order chi connectivity index (χ0) is 18.4. The summed E-state index contributed by atoms with van der Waals surface area (Å²) in [5.74, 6) is 0.689. The van der Waals surface area contributed by atoms with E-state index in [1.54, 1.807) is 6.07 Å². The van der Waals surface area contributed by atoms with Crippen LogP contribution >= 0.6 is 24.0 Å². The Morgan fingerprint density at radius 1 is 1.07 bits per heavy atom. The number of guanidine groups is 1. The monoisotopic (exact) mass is 489 g/mol. The third kappa shape index (κ3) is 5.70. The molecule has 2 saturated heterocycles. The first-order valence-corrected chi connectivity index (χ1v) is 9.49. The van der Waals surface area contributed by atoms with E-state index in [1.807, 2.05) is 24.0 Å². The molecule has 2 heterocycles. The van der Waals surface area contributed by atoms with Crippen LogP contribution in [0.15, 0.2) is 29.3 Å². The third-order valence-corrected chi connectivity index (χ3v) is 4.93. The van der Waals surface area contributed by atoms with Crippen LogP contribution in [0.2, 0.25) is 0 Å². The second-order valence-electron chi connectivity index (χ2n) is 6.68. The predicted octanol–water partition coefficient (Wildman–Crippen LogP) is 2.15. The number of aliphatic imine (C=N–C) groups is 1. The number of halogens is 2. The van der Waals surface area contributed by atoms with Gasteiger partial charge in [-0.25, -0.2) is 9.38 Å². The van der Waals surface area contributed by atoms with E-state index in [-0.39, 0.29) is 42.2 Å². The first kappa shape index (κ1) is 21.7. The minimum Gasteiger partial charge on any atom is -0.366 e. The van der Waals surface area contributed by atoms with Crippen molar-refractivity contribution in [1.82, 2.24) is 15.1 Å². The maximum absolute atomic E-state index is 14.0. The van der Waals surface area contributed by atoms with Gasteiger partial charge in [0.05, 0.1) is 5.69 Å².